The zero-order chi connectivity index (χ0) is 18.6. The van der Waals surface area contributed by atoms with Crippen molar-refractivity contribution in [2.75, 3.05) is 18.0 Å². The molecular weight excluding hydrogens is 340 g/mol. The molecule has 0 aliphatic carbocycles. The molecule has 0 atom stereocenters. The normalized spacial score (nSPS) is 14.7. The van der Waals surface area contributed by atoms with Crippen LogP contribution in [-0.2, 0) is 0 Å². The Morgan fingerprint density at radius 2 is 1.74 bits per heavy atom. The Hall–Kier alpha value is -3.53. The summed E-state index contributed by atoms with van der Waals surface area (Å²) >= 11 is 0. The Bertz CT molecular complexity index is 1030. The second-order valence-electron chi connectivity index (χ2n) is 6.43. The summed E-state index contributed by atoms with van der Waals surface area (Å²) in [6.45, 7) is 1.39. The standard InChI is InChI=1S/C20H18N6O/c21-14-18-20(23-11-10-22-18)25-12-8-16(9-13-25)26-19(27)7-6-17(24-26)15-4-2-1-3-5-15/h1-7,10-11,16H,8-9,12-13H2. The largest absolute Gasteiger partial charge is 0.354 e. The molecule has 0 saturated carbocycles. The highest BCUT2D eigenvalue weighted by atomic mass is 16.1. The Morgan fingerprint density at radius 3 is 2.48 bits per heavy atom. The van der Waals surface area contributed by atoms with Crippen LogP contribution in [0.5, 0.6) is 0 Å². The first-order valence-corrected chi connectivity index (χ1v) is 8.87. The summed E-state index contributed by atoms with van der Waals surface area (Å²) < 4.78 is 1.60. The van der Waals surface area contributed by atoms with Gasteiger partial charge in [-0.25, -0.2) is 14.6 Å². The molecule has 3 heterocycles. The van der Waals surface area contributed by atoms with E-state index in [1.165, 1.54) is 6.20 Å². The quantitative estimate of drug-likeness (QED) is 0.714. The molecule has 0 amide bonds. The second-order valence-corrected chi connectivity index (χ2v) is 6.43. The van der Waals surface area contributed by atoms with Crippen LogP contribution in [0.4, 0.5) is 5.82 Å². The molecule has 1 aliphatic rings. The van der Waals surface area contributed by atoms with Crippen molar-refractivity contribution in [2.45, 2.75) is 18.9 Å². The summed E-state index contributed by atoms with van der Waals surface area (Å²) in [5.74, 6) is 0.608. The molecule has 0 spiro atoms. The first kappa shape index (κ1) is 16.9. The minimum atomic E-state index is -0.0923. The SMILES string of the molecule is N#Cc1nccnc1N1CCC(n2nc(-c3ccccc3)ccc2=O)CC1. The predicted molar refractivity (Wildman–Crippen MR) is 101 cm³/mol. The van der Waals surface area contributed by atoms with Crippen LogP contribution >= 0.6 is 0 Å². The third-order valence-corrected chi connectivity index (χ3v) is 4.79. The highest BCUT2D eigenvalue weighted by Gasteiger charge is 2.25. The van der Waals surface area contributed by atoms with Gasteiger partial charge in [-0.3, -0.25) is 4.79 Å². The molecule has 1 saturated heterocycles. The maximum atomic E-state index is 12.4. The molecule has 0 radical (unpaired) electrons. The topological polar surface area (TPSA) is 87.7 Å². The van der Waals surface area contributed by atoms with Gasteiger partial charge in [0.1, 0.15) is 6.07 Å². The van der Waals surface area contributed by atoms with E-state index in [4.69, 9.17) is 0 Å². The Labute approximate surface area is 156 Å². The summed E-state index contributed by atoms with van der Waals surface area (Å²) in [6, 6.07) is 15.3. The Morgan fingerprint density at radius 1 is 1.00 bits per heavy atom. The molecule has 4 rings (SSSR count). The zero-order valence-electron chi connectivity index (χ0n) is 14.7. The second kappa shape index (κ2) is 7.38. The van der Waals surface area contributed by atoms with E-state index in [0.29, 0.717) is 24.6 Å². The van der Waals surface area contributed by atoms with Gasteiger partial charge in [-0.15, -0.1) is 0 Å². The molecule has 3 aromatic rings. The monoisotopic (exact) mass is 358 g/mol. The number of rotatable bonds is 3. The lowest BCUT2D eigenvalue weighted by molar-refractivity contribution is 0.353. The highest BCUT2D eigenvalue weighted by molar-refractivity contribution is 5.57. The summed E-state index contributed by atoms with van der Waals surface area (Å²) in [5, 5.41) is 13.8. The van der Waals surface area contributed by atoms with Crippen molar-refractivity contribution in [3.8, 4) is 17.3 Å². The third kappa shape index (κ3) is 3.42. The number of anilines is 1. The van der Waals surface area contributed by atoms with Crippen molar-refractivity contribution in [3.05, 3.63) is 70.9 Å². The van der Waals surface area contributed by atoms with Crippen LogP contribution in [0.2, 0.25) is 0 Å². The van der Waals surface area contributed by atoms with Crippen molar-refractivity contribution in [1.29, 1.82) is 5.26 Å². The fourth-order valence-corrected chi connectivity index (χ4v) is 3.41. The van der Waals surface area contributed by atoms with Gasteiger partial charge in [0, 0.05) is 37.1 Å². The molecule has 7 nitrogen and oxygen atoms in total. The lowest BCUT2D eigenvalue weighted by atomic mass is 10.0. The molecule has 7 heteroatoms. The number of hydrogen-bond acceptors (Lipinski definition) is 6. The average molecular weight is 358 g/mol. The van der Waals surface area contributed by atoms with E-state index < -0.39 is 0 Å². The number of nitrogens with zero attached hydrogens (tertiary/aromatic N) is 6. The van der Waals surface area contributed by atoms with Crippen molar-refractivity contribution in [1.82, 2.24) is 19.7 Å². The summed E-state index contributed by atoms with van der Waals surface area (Å²) in [6.07, 6.45) is 4.63. The summed E-state index contributed by atoms with van der Waals surface area (Å²) in [7, 11) is 0. The van der Waals surface area contributed by atoms with Crippen LogP contribution in [0.1, 0.15) is 24.6 Å². The molecule has 27 heavy (non-hydrogen) atoms. The van der Waals surface area contributed by atoms with Crippen LogP contribution in [0.15, 0.2) is 59.7 Å². The highest BCUT2D eigenvalue weighted by Crippen LogP contribution is 2.26. The van der Waals surface area contributed by atoms with Gasteiger partial charge in [0.05, 0.1) is 11.7 Å². The lowest BCUT2D eigenvalue weighted by Crippen LogP contribution is -2.39. The lowest BCUT2D eigenvalue weighted by Gasteiger charge is -2.33. The van der Waals surface area contributed by atoms with Gasteiger partial charge in [0.25, 0.3) is 5.56 Å². The molecule has 1 aliphatic heterocycles. The van der Waals surface area contributed by atoms with Gasteiger partial charge in [-0.05, 0) is 18.9 Å². The summed E-state index contributed by atoms with van der Waals surface area (Å²) in [5.41, 5.74) is 2.02. The first-order valence-electron chi connectivity index (χ1n) is 8.87. The predicted octanol–water partition coefficient (Wildman–Crippen LogP) is 2.41. The summed E-state index contributed by atoms with van der Waals surface area (Å²) in [4.78, 5) is 22.8. The van der Waals surface area contributed by atoms with Crippen LogP contribution in [0.25, 0.3) is 11.3 Å². The van der Waals surface area contributed by atoms with E-state index in [0.717, 1.165) is 24.1 Å². The number of nitriles is 1. The molecule has 2 aromatic heterocycles. The minimum absolute atomic E-state index is 0.0274. The fraction of sp³-hybridized carbons (Fsp3) is 0.250. The third-order valence-electron chi connectivity index (χ3n) is 4.79. The van der Waals surface area contributed by atoms with Gasteiger partial charge in [0.15, 0.2) is 11.5 Å². The molecule has 0 unspecified atom stereocenters. The molecule has 1 aromatic carbocycles. The van der Waals surface area contributed by atoms with E-state index in [2.05, 4.69) is 21.1 Å². The van der Waals surface area contributed by atoms with E-state index in [9.17, 15) is 10.1 Å². The number of benzene rings is 1. The van der Waals surface area contributed by atoms with Gasteiger partial charge in [-0.2, -0.15) is 10.4 Å². The number of piperidine rings is 1. The molecule has 0 bridgehead atoms. The Kier molecular flexibility index (Phi) is 4.62. The van der Waals surface area contributed by atoms with Crippen molar-refractivity contribution >= 4 is 5.82 Å². The van der Waals surface area contributed by atoms with E-state index in [-0.39, 0.29) is 11.6 Å². The first-order chi connectivity index (χ1) is 13.3. The van der Waals surface area contributed by atoms with Gasteiger partial charge < -0.3 is 4.90 Å². The van der Waals surface area contributed by atoms with Crippen molar-refractivity contribution in [2.24, 2.45) is 0 Å². The van der Waals surface area contributed by atoms with Crippen molar-refractivity contribution < 1.29 is 0 Å². The minimum Gasteiger partial charge on any atom is -0.354 e. The molecule has 0 N–H and O–H groups in total. The molecule has 1 fully saturated rings. The zero-order valence-corrected chi connectivity index (χ0v) is 14.7. The average Bonchev–Trinajstić information content (AvgIpc) is 2.75. The van der Waals surface area contributed by atoms with Crippen LogP contribution in [0, 0.1) is 11.3 Å². The van der Waals surface area contributed by atoms with Gasteiger partial charge >= 0.3 is 0 Å². The van der Waals surface area contributed by atoms with E-state index in [1.54, 1.807) is 23.0 Å². The maximum Gasteiger partial charge on any atom is 0.267 e. The molecule has 134 valence electrons. The van der Waals surface area contributed by atoms with Crippen LogP contribution < -0.4 is 10.5 Å². The van der Waals surface area contributed by atoms with Crippen LogP contribution in [-0.4, -0.2) is 32.8 Å². The van der Waals surface area contributed by atoms with Gasteiger partial charge in [-0.1, -0.05) is 30.3 Å². The molecular formula is C20H18N6O. The van der Waals surface area contributed by atoms with E-state index >= 15 is 0 Å². The van der Waals surface area contributed by atoms with Gasteiger partial charge in [0.2, 0.25) is 0 Å². The van der Waals surface area contributed by atoms with E-state index in [1.807, 2.05) is 35.2 Å². The number of hydrogen-bond donors (Lipinski definition) is 0. The maximum absolute atomic E-state index is 12.4. The number of aromatic nitrogens is 4. The van der Waals surface area contributed by atoms with Crippen LogP contribution in [0.3, 0.4) is 0 Å². The van der Waals surface area contributed by atoms with Crippen molar-refractivity contribution in [3.63, 3.8) is 0 Å². The smallest absolute Gasteiger partial charge is 0.267 e. The Balaban J connectivity index is 1.55. The fourth-order valence-electron chi connectivity index (χ4n) is 3.41.